The fraction of sp³-hybridized carbons (Fsp3) is 0.500. The number of carbonyl (C=O) groups is 2. The third kappa shape index (κ3) is 4.32. The first kappa shape index (κ1) is 15.6. The van der Waals surface area contributed by atoms with Crippen molar-refractivity contribution in [2.75, 3.05) is 16.8 Å². The number of aromatic nitrogens is 1. The van der Waals surface area contributed by atoms with E-state index in [9.17, 15) is 9.59 Å². The summed E-state index contributed by atoms with van der Waals surface area (Å²) in [5.74, 6) is 0.723. The molecular weight excluding hydrogens is 294 g/mol. The van der Waals surface area contributed by atoms with E-state index in [2.05, 4.69) is 10.3 Å². The number of alkyl halides is 1. The number of hydrogen-bond acceptors (Lipinski definition) is 4. The average Bonchev–Trinajstić information content (AvgIpc) is 2.66. The molecule has 0 bridgehead atoms. The van der Waals surface area contributed by atoms with E-state index in [0.29, 0.717) is 24.6 Å². The summed E-state index contributed by atoms with van der Waals surface area (Å²) >= 11 is 5.97. The van der Waals surface area contributed by atoms with Crippen LogP contribution in [0.25, 0.3) is 0 Å². The molecule has 1 unspecified atom stereocenters. The van der Waals surface area contributed by atoms with E-state index in [0.717, 1.165) is 0 Å². The maximum absolute atomic E-state index is 11.8. The van der Waals surface area contributed by atoms with Crippen molar-refractivity contribution >= 4 is 35.2 Å². The lowest BCUT2D eigenvalue weighted by atomic mass is 10.2. The minimum atomic E-state index is -0.588. The van der Waals surface area contributed by atoms with Gasteiger partial charge >= 0.3 is 6.09 Å². The summed E-state index contributed by atoms with van der Waals surface area (Å²) in [6.07, 6.45) is -0.289. The number of rotatable bonds is 2. The van der Waals surface area contributed by atoms with E-state index in [1.807, 2.05) is 0 Å². The lowest BCUT2D eigenvalue weighted by Crippen LogP contribution is -2.28. The summed E-state index contributed by atoms with van der Waals surface area (Å²) in [6, 6.07) is 5.04. The van der Waals surface area contributed by atoms with Crippen LogP contribution >= 0.6 is 11.6 Å². The highest BCUT2D eigenvalue weighted by atomic mass is 35.5. The Balaban J connectivity index is 2.08. The molecule has 6 nitrogen and oxygen atoms in total. The Kier molecular flexibility index (Phi) is 4.37. The monoisotopic (exact) mass is 311 g/mol. The summed E-state index contributed by atoms with van der Waals surface area (Å²) in [4.78, 5) is 29.3. The van der Waals surface area contributed by atoms with E-state index >= 15 is 0 Å². The van der Waals surface area contributed by atoms with Gasteiger partial charge in [-0.15, -0.1) is 11.6 Å². The molecule has 0 aliphatic carbocycles. The molecule has 0 saturated carbocycles. The highest BCUT2D eigenvalue weighted by molar-refractivity contribution is 6.24. The number of amides is 2. The molecular formula is C14H18ClN3O3. The number of anilines is 2. The number of halogens is 1. The van der Waals surface area contributed by atoms with Gasteiger partial charge in [-0.3, -0.25) is 15.0 Å². The third-order valence-corrected chi connectivity index (χ3v) is 3.01. The van der Waals surface area contributed by atoms with Crippen LogP contribution in [0.1, 0.15) is 27.2 Å². The van der Waals surface area contributed by atoms with Crippen LogP contribution in [0.4, 0.5) is 16.4 Å². The van der Waals surface area contributed by atoms with Gasteiger partial charge in [-0.1, -0.05) is 6.07 Å². The molecule has 2 rings (SSSR count). The quantitative estimate of drug-likeness (QED) is 0.852. The Morgan fingerprint density at radius 1 is 1.48 bits per heavy atom. The first-order valence-electron chi connectivity index (χ1n) is 6.66. The van der Waals surface area contributed by atoms with E-state index in [4.69, 9.17) is 16.3 Å². The van der Waals surface area contributed by atoms with Gasteiger partial charge < -0.3 is 4.74 Å². The van der Waals surface area contributed by atoms with Crippen LogP contribution < -0.4 is 10.2 Å². The molecule has 1 aromatic rings. The second kappa shape index (κ2) is 5.89. The summed E-state index contributed by atoms with van der Waals surface area (Å²) in [5.41, 5.74) is -0.585. The van der Waals surface area contributed by atoms with E-state index in [1.54, 1.807) is 39.0 Å². The molecule has 1 aliphatic rings. The van der Waals surface area contributed by atoms with Gasteiger partial charge in [0, 0.05) is 13.0 Å². The molecule has 1 aliphatic heterocycles. The topological polar surface area (TPSA) is 71.5 Å². The zero-order valence-electron chi connectivity index (χ0n) is 12.2. The van der Waals surface area contributed by atoms with E-state index in [-0.39, 0.29) is 11.3 Å². The number of carbonyl (C=O) groups excluding carboxylic acids is 2. The van der Waals surface area contributed by atoms with Crippen molar-refractivity contribution < 1.29 is 14.3 Å². The van der Waals surface area contributed by atoms with Crippen molar-refractivity contribution in [3.63, 3.8) is 0 Å². The largest absolute Gasteiger partial charge is 0.444 e. The number of nitrogens with one attached hydrogen (secondary N) is 1. The SMILES string of the molecule is CC(C)(C)OC(=O)Nc1cccc(N2CC(Cl)CC2=O)n1. The highest BCUT2D eigenvalue weighted by Gasteiger charge is 2.30. The fourth-order valence-corrected chi connectivity index (χ4v) is 2.21. The zero-order valence-corrected chi connectivity index (χ0v) is 13.0. The van der Waals surface area contributed by atoms with Crippen molar-refractivity contribution in [2.45, 2.75) is 38.2 Å². The van der Waals surface area contributed by atoms with Gasteiger partial charge in [0.05, 0.1) is 5.38 Å². The number of hydrogen-bond donors (Lipinski definition) is 1. The first-order valence-corrected chi connectivity index (χ1v) is 7.10. The number of nitrogens with zero attached hydrogens (tertiary/aromatic N) is 2. The molecule has 1 saturated heterocycles. The maximum atomic E-state index is 11.8. The second-order valence-electron chi connectivity index (χ2n) is 5.81. The van der Waals surface area contributed by atoms with Crippen LogP contribution in [-0.2, 0) is 9.53 Å². The molecule has 0 radical (unpaired) electrons. The van der Waals surface area contributed by atoms with Gasteiger partial charge in [0.2, 0.25) is 5.91 Å². The Labute approximate surface area is 128 Å². The summed E-state index contributed by atoms with van der Waals surface area (Å²) < 4.78 is 5.15. The molecule has 114 valence electrons. The minimum absolute atomic E-state index is 0.0723. The van der Waals surface area contributed by atoms with Crippen molar-refractivity contribution in [1.29, 1.82) is 0 Å². The van der Waals surface area contributed by atoms with Gasteiger partial charge in [0.1, 0.15) is 17.2 Å². The van der Waals surface area contributed by atoms with Gasteiger partial charge in [-0.2, -0.15) is 0 Å². The Morgan fingerprint density at radius 3 is 2.76 bits per heavy atom. The highest BCUT2D eigenvalue weighted by Crippen LogP contribution is 2.23. The maximum Gasteiger partial charge on any atom is 0.413 e. The number of ether oxygens (including phenoxy) is 1. The molecule has 7 heteroatoms. The lowest BCUT2D eigenvalue weighted by molar-refractivity contribution is -0.117. The van der Waals surface area contributed by atoms with Crippen molar-refractivity contribution in [2.24, 2.45) is 0 Å². The zero-order chi connectivity index (χ0) is 15.6. The summed E-state index contributed by atoms with van der Waals surface area (Å²) in [6.45, 7) is 5.75. The summed E-state index contributed by atoms with van der Waals surface area (Å²) in [7, 11) is 0. The van der Waals surface area contributed by atoms with Crippen LogP contribution in [0.3, 0.4) is 0 Å². The standard InChI is InChI=1S/C14H18ClN3O3/c1-14(2,3)21-13(20)17-10-5-4-6-11(16-10)18-8-9(15)7-12(18)19/h4-6,9H,7-8H2,1-3H3,(H,16,17,20). The van der Waals surface area contributed by atoms with Crippen LogP contribution in [0.2, 0.25) is 0 Å². The predicted octanol–water partition coefficient (Wildman–Crippen LogP) is 2.77. The van der Waals surface area contributed by atoms with Crippen molar-refractivity contribution in [3.05, 3.63) is 18.2 Å². The normalized spacial score (nSPS) is 18.8. The van der Waals surface area contributed by atoms with Crippen molar-refractivity contribution in [1.82, 2.24) is 4.98 Å². The second-order valence-corrected chi connectivity index (χ2v) is 6.43. The molecule has 2 amide bonds. The number of pyridine rings is 1. The Bertz CT molecular complexity index is 557. The molecule has 0 spiro atoms. The van der Waals surface area contributed by atoms with Gasteiger partial charge in [0.15, 0.2) is 0 Å². The van der Waals surface area contributed by atoms with Crippen LogP contribution in [0, 0.1) is 0 Å². The molecule has 2 heterocycles. The molecule has 1 N–H and O–H groups in total. The smallest absolute Gasteiger partial charge is 0.413 e. The van der Waals surface area contributed by atoms with Gasteiger partial charge in [-0.25, -0.2) is 9.78 Å². The van der Waals surface area contributed by atoms with E-state index in [1.165, 1.54) is 4.90 Å². The molecule has 1 atom stereocenters. The predicted molar refractivity (Wildman–Crippen MR) is 80.7 cm³/mol. The molecule has 0 aromatic carbocycles. The van der Waals surface area contributed by atoms with Crippen LogP contribution in [-0.4, -0.2) is 34.5 Å². The summed E-state index contributed by atoms with van der Waals surface area (Å²) in [5, 5.41) is 2.34. The van der Waals surface area contributed by atoms with E-state index < -0.39 is 11.7 Å². The molecule has 21 heavy (non-hydrogen) atoms. The fourth-order valence-electron chi connectivity index (χ4n) is 1.94. The minimum Gasteiger partial charge on any atom is -0.444 e. The van der Waals surface area contributed by atoms with Gasteiger partial charge in [-0.05, 0) is 32.9 Å². The van der Waals surface area contributed by atoms with Crippen LogP contribution in [0.5, 0.6) is 0 Å². The van der Waals surface area contributed by atoms with Crippen molar-refractivity contribution in [3.8, 4) is 0 Å². The van der Waals surface area contributed by atoms with Crippen LogP contribution in [0.15, 0.2) is 18.2 Å². The van der Waals surface area contributed by atoms with Gasteiger partial charge in [0.25, 0.3) is 0 Å². The molecule has 1 fully saturated rings. The Hall–Kier alpha value is -1.82. The first-order chi connectivity index (χ1) is 9.74. The average molecular weight is 312 g/mol. The molecule has 1 aromatic heterocycles. The lowest BCUT2D eigenvalue weighted by Gasteiger charge is -2.20. The Morgan fingerprint density at radius 2 is 2.19 bits per heavy atom. The third-order valence-electron chi connectivity index (χ3n) is 2.72.